The summed E-state index contributed by atoms with van der Waals surface area (Å²) in [7, 11) is 3.45. The average molecular weight is 396 g/mol. The van der Waals surface area contributed by atoms with E-state index in [0.717, 1.165) is 16.7 Å². The van der Waals surface area contributed by atoms with Crippen LogP contribution in [-0.2, 0) is 20.7 Å². The maximum absolute atomic E-state index is 13.1. The van der Waals surface area contributed by atoms with Gasteiger partial charge in [0.1, 0.15) is 0 Å². The predicted octanol–water partition coefficient (Wildman–Crippen LogP) is 2.63. The van der Waals surface area contributed by atoms with Gasteiger partial charge in [-0.15, -0.1) is 0 Å². The summed E-state index contributed by atoms with van der Waals surface area (Å²) >= 11 is 0. The first-order valence-corrected chi connectivity index (χ1v) is 9.96. The molecule has 1 atom stereocenters. The number of carbonyl (C=O) groups is 2. The van der Waals surface area contributed by atoms with E-state index < -0.39 is 5.60 Å². The number of benzene rings is 1. The molecule has 0 bridgehead atoms. The largest absolute Gasteiger partial charge is 0.361 e. The molecule has 29 heavy (non-hydrogen) atoms. The second kappa shape index (κ2) is 8.74. The van der Waals surface area contributed by atoms with Crippen LogP contribution in [-0.4, -0.2) is 66.0 Å². The molecular formula is C23H29N3O3. The molecule has 0 N–H and O–H groups in total. The van der Waals surface area contributed by atoms with E-state index >= 15 is 0 Å². The first-order valence-electron chi connectivity index (χ1n) is 9.96. The minimum absolute atomic E-state index is 0.0520. The van der Waals surface area contributed by atoms with Crippen LogP contribution in [0.4, 0.5) is 0 Å². The van der Waals surface area contributed by atoms with Crippen molar-refractivity contribution >= 4 is 11.8 Å². The first kappa shape index (κ1) is 21.0. The molecule has 1 aliphatic rings. The molecule has 0 spiro atoms. The Bertz CT molecular complexity index is 849. The van der Waals surface area contributed by atoms with Gasteiger partial charge in [0, 0.05) is 45.4 Å². The molecule has 1 aromatic carbocycles. The fraction of sp³-hybridized carbons (Fsp3) is 0.435. The molecule has 0 unspecified atom stereocenters. The minimum atomic E-state index is -1.07. The standard InChI is InChI=1S/C23H29N3O3/c1-17(2)21(27)26-12-13-29-23(16-26,22(28)25(3)4)14-18-7-9-19(10-8-18)20-6-5-11-24-15-20/h5-11,15,17H,12-14,16H2,1-4H3/t23-/m1/s1. The molecule has 2 amide bonds. The minimum Gasteiger partial charge on any atom is -0.361 e. The van der Waals surface area contributed by atoms with Crippen molar-refractivity contribution in [1.29, 1.82) is 0 Å². The molecule has 0 aliphatic carbocycles. The molecule has 1 aromatic heterocycles. The number of pyridine rings is 1. The van der Waals surface area contributed by atoms with E-state index in [2.05, 4.69) is 4.98 Å². The molecule has 2 heterocycles. The Hall–Kier alpha value is -2.73. The van der Waals surface area contributed by atoms with Gasteiger partial charge < -0.3 is 14.5 Å². The predicted molar refractivity (Wildman–Crippen MR) is 112 cm³/mol. The number of morpholine rings is 1. The molecule has 6 nitrogen and oxygen atoms in total. The van der Waals surface area contributed by atoms with Crippen molar-refractivity contribution in [2.24, 2.45) is 5.92 Å². The average Bonchev–Trinajstić information content (AvgIpc) is 2.73. The third-order valence-corrected chi connectivity index (χ3v) is 5.23. The van der Waals surface area contributed by atoms with E-state index in [4.69, 9.17) is 4.74 Å². The lowest BCUT2D eigenvalue weighted by Gasteiger charge is -2.43. The smallest absolute Gasteiger partial charge is 0.256 e. The molecular weight excluding hydrogens is 366 g/mol. The van der Waals surface area contributed by atoms with E-state index in [1.807, 2.05) is 56.4 Å². The number of rotatable bonds is 5. The molecule has 0 saturated carbocycles. The van der Waals surface area contributed by atoms with Gasteiger partial charge in [0.2, 0.25) is 5.91 Å². The zero-order chi connectivity index (χ0) is 21.0. The van der Waals surface area contributed by atoms with Crippen molar-refractivity contribution in [3.63, 3.8) is 0 Å². The van der Waals surface area contributed by atoms with Gasteiger partial charge in [0.25, 0.3) is 5.91 Å². The summed E-state index contributed by atoms with van der Waals surface area (Å²) in [5.41, 5.74) is 2.03. The van der Waals surface area contributed by atoms with E-state index in [0.29, 0.717) is 19.6 Å². The summed E-state index contributed by atoms with van der Waals surface area (Å²) in [4.78, 5) is 33.2. The van der Waals surface area contributed by atoms with Gasteiger partial charge in [-0.3, -0.25) is 14.6 Å². The Balaban J connectivity index is 1.86. The maximum Gasteiger partial charge on any atom is 0.256 e. The fourth-order valence-electron chi connectivity index (χ4n) is 3.74. The highest BCUT2D eigenvalue weighted by Gasteiger charge is 2.46. The van der Waals surface area contributed by atoms with Gasteiger partial charge in [0.15, 0.2) is 5.60 Å². The van der Waals surface area contributed by atoms with E-state index in [-0.39, 0.29) is 24.3 Å². The van der Waals surface area contributed by atoms with Crippen LogP contribution in [0.2, 0.25) is 0 Å². The lowest BCUT2D eigenvalue weighted by atomic mass is 9.89. The quantitative estimate of drug-likeness (QED) is 0.781. The normalized spacial score (nSPS) is 19.3. The van der Waals surface area contributed by atoms with Crippen molar-refractivity contribution < 1.29 is 14.3 Å². The second-order valence-electron chi connectivity index (χ2n) is 8.07. The van der Waals surface area contributed by atoms with Gasteiger partial charge >= 0.3 is 0 Å². The zero-order valence-electron chi connectivity index (χ0n) is 17.6. The van der Waals surface area contributed by atoms with Crippen molar-refractivity contribution in [2.45, 2.75) is 25.9 Å². The van der Waals surface area contributed by atoms with E-state index in [1.54, 1.807) is 30.1 Å². The molecule has 0 radical (unpaired) electrons. The topological polar surface area (TPSA) is 62.7 Å². The second-order valence-corrected chi connectivity index (χ2v) is 8.07. The summed E-state index contributed by atoms with van der Waals surface area (Å²) in [5, 5.41) is 0. The zero-order valence-corrected chi connectivity index (χ0v) is 17.6. The summed E-state index contributed by atoms with van der Waals surface area (Å²) in [6.07, 6.45) is 3.99. The van der Waals surface area contributed by atoms with Crippen LogP contribution >= 0.6 is 0 Å². The number of carbonyl (C=O) groups excluding carboxylic acids is 2. The molecule has 6 heteroatoms. The van der Waals surface area contributed by atoms with Crippen LogP contribution in [0, 0.1) is 5.92 Å². The van der Waals surface area contributed by atoms with Crippen molar-refractivity contribution in [3.05, 3.63) is 54.4 Å². The van der Waals surface area contributed by atoms with Crippen LogP contribution in [0.5, 0.6) is 0 Å². The third-order valence-electron chi connectivity index (χ3n) is 5.23. The van der Waals surface area contributed by atoms with Gasteiger partial charge in [-0.1, -0.05) is 44.2 Å². The van der Waals surface area contributed by atoms with Crippen molar-refractivity contribution in [3.8, 4) is 11.1 Å². The highest BCUT2D eigenvalue weighted by atomic mass is 16.5. The number of amides is 2. The first-order chi connectivity index (χ1) is 13.8. The Kier molecular flexibility index (Phi) is 6.33. The van der Waals surface area contributed by atoms with Crippen molar-refractivity contribution in [1.82, 2.24) is 14.8 Å². The molecule has 1 fully saturated rings. The highest BCUT2D eigenvalue weighted by Crippen LogP contribution is 2.28. The number of ether oxygens (including phenoxy) is 1. The Morgan fingerprint density at radius 3 is 2.48 bits per heavy atom. The van der Waals surface area contributed by atoms with Crippen molar-refractivity contribution in [2.75, 3.05) is 33.8 Å². The maximum atomic E-state index is 13.1. The van der Waals surface area contributed by atoms with Crippen LogP contribution < -0.4 is 0 Å². The Morgan fingerprint density at radius 1 is 1.17 bits per heavy atom. The van der Waals surface area contributed by atoms with Crippen LogP contribution in [0.25, 0.3) is 11.1 Å². The number of hydrogen-bond acceptors (Lipinski definition) is 4. The molecule has 154 valence electrons. The fourth-order valence-corrected chi connectivity index (χ4v) is 3.74. The van der Waals surface area contributed by atoms with E-state index in [9.17, 15) is 9.59 Å². The highest BCUT2D eigenvalue weighted by molar-refractivity contribution is 5.87. The van der Waals surface area contributed by atoms with Gasteiger partial charge in [0.05, 0.1) is 13.2 Å². The van der Waals surface area contributed by atoms with Gasteiger partial charge in [-0.2, -0.15) is 0 Å². The summed E-state index contributed by atoms with van der Waals surface area (Å²) < 4.78 is 6.07. The van der Waals surface area contributed by atoms with Crippen LogP contribution in [0.3, 0.4) is 0 Å². The van der Waals surface area contributed by atoms with Gasteiger partial charge in [-0.25, -0.2) is 0 Å². The SMILES string of the molecule is CC(C)C(=O)N1CCO[C@@](Cc2ccc(-c3cccnc3)cc2)(C(=O)N(C)C)C1. The van der Waals surface area contributed by atoms with Crippen LogP contribution in [0.1, 0.15) is 19.4 Å². The Labute approximate surface area is 172 Å². The summed E-state index contributed by atoms with van der Waals surface area (Å²) in [6, 6.07) is 12.0. The number of aromatic nitrogens is 1. The molecule has 1 saturated heterocycles. The number of nitrogens with zero attached hydrogens (tertiary/aromatic N) is 3. The van der Waals surface area contributed by atoms with E-state index in [1.165, 1.54) is 0 Å². The van der Waals surface area contributed by atoms with Crippen LogP contribution in [0.15, 0.2) is 48.8 Å². The lowest BCUT2D eigenvalue weighted by molar-refractivity contribution is -0.173. The number of likely N-dealkylation sites (N-methyl/N-ethyl adjacent to an activating group) is 1. The number of hydrogen-bond donors (Lipinski definition) is 0. The van der Waals surface area contributed by atoms with Gasteiger partial charge in [-0.05, 0) is 22.8 Å². The Morgan fingerprint density at radius 2 is 1.90 bits per heavy atom. The molecule has 1 aliphatic heterocycles. The molecule has 2 aromatic rings. The third kappa shape index (κ3) is 4.65. The molecule has 3 rings (SSSR count). The lowest BCUT2D eigenvalue weighted by Crippen LogP contribution is -2.62. The monoisotopic (exact) mass is 395 g/mol. The summed E-state index contributed by atoms with van der Waals surface area (Å²) in [6.45, 7) is 4.89. The summed E-state index contributed by atoms with van der Waals surface area (Å²) in [5.74, 6) is -0.176.